The van der Waals surface area contributed by atoms with Gasteiger partial charge in [0.15, 0.2) is 0 Å². The zero-order valence-corrected chi connectivity index (χ0v) is 8.94. The van der Waals surface area contributed by atoms with Crippen molar-refractivity contribution >= 4 is 5.71 Å². The van der Waals surface area contributed by atoms with Gasteiger partial charge in [0, 0.05) is 5.71 Å². The van der Waals surface area contributed by atoms with E-state index in [0.717, 1.165) is 5.71 Å². The number of hydrogen-bond donors (Lipinski definition) is 2. The van der Waals surface area contributed by atoms with Crippen molar-refractivity contribution < 1.29 is 9.84 Å². The van der Waals surface area contributed by atoms with Gasteiger partial charge in [0.1, 0.15) is 0 Å². The predicted octanol–water partition coefficient (Wildman–Crippen LogP) is 0.565. The molecule has 14 heavy (non-hydrogen) atoms. The monoisotopic (exact) mass is 200 g/mol. The first-order valence-corrected chi connectivity index (χ1v) is 4.83. The zero-order valence-electron chi connectivity index (χ0n) is 8.94. The summed E-state index contributed by atoms with van der Waals surface area (Å²) in [6, 6.07) is 0. The average Bonchev–Trinajstić information content (AvgIpc) is 2.15. The van der Waals surface area contributed by atoms with Crippen molar-refractivity contribution in [3.05, 3.63) is 12.3 Å². The average molecular weight is 200 g/mol. The van der Waals surface area contributed by atoms with Gasteiger partial charge in [0.2, 0.25) is 0 Å². The number of ether oxygens (including phenoxy) is 1. The second kappa shape index (κ2) is 8.72. The van der Waals surface area contributed by atoms with Gasteiger partial charge in [-0.15, -0.1) is 0 Å². The molecule has 0 radical (unpaired) electrons. The molecular formula is C10H20N2O2. The predicted molar refractivity (Wildman–Crippen MR) is 58.4 cm³/mol. The molecule has 0 aromatic heterocycles. The van der Waals surface area contributed by atoms with Crippen molar-refractivity contribution in [3.63, 3.8) is 0 Å². The summed E-state index contributed by atoms with van der Waals surface area (Å²) in [5.74, 6) is 0.368. The summed E-state index contributed by atoms with van der Waals surface area (Å²) in [5, 5.41) is 8.46. The fraction of sp³-hybridized carbons (Fsp3) is 0.700. The lowest BCUT2D eigenvalue weighted by Gasteiger charge is -2.05. The van der Waals surface area contributed by atoms with E-state index < -0.39 is 0 Å². The van der Waals surface area contributed by atoms with Gasteiger partial charge < -0.3 is 15.6 Å². The Bertz CT molecular complexity index is 189. The Morgan fingerprint density at radius 2 is 2.21 bits per heavy atom. The van der Waals surface area contributed by atoms with Crippen LogP contribution >= 0.6 is 0 Å². The minimum atomic E-state index is 0.0590. The number of aliphatic hydroxyl groups excluding tert-OH is 1. The van der Waals surface area contributed by atoms with Crippen LogP contribution in [-0.4, -0.2) is 37.2 Å². The van der Waals surface area contributed by atoms with Crippen LogP contribution in [0.15, 0.2) is 17.3 Å². The van der Waals surface area contributed by atoms with Gasteiger partial charge in [-0.1, -0.05) is 13.8 Å². The van der Waals surface area contributed by atoms with Crippen molar-refractivity contribution in [2.24, 2.45) is 16.6 Å². The van der Waals surface area contributed by atoms with Crippen LogP contribution in [0.2, 0.25) is 0 Å². The van der Waals surface area contributed by atoms with E-state index in [2.05, 4.69) is 18.8 Å². The van der Waals surface area contributed by atoms with Crippen molar-refractivity contribution in [3.8, 4) is 0 Å². The van der Waals surface area contributed by atoms with Gasteiger partial charge in [-0.25, -0.2) is 0 Å². The first-order chi connectivity index (χ1) is 6.72. The van der Waals surface area contributed by atoms with E-state index in [9.17, 15) is 0 Å². The molecule has 0 fully saturated rings. The Balaban J connectivity index is 3.80. The Morgan fingerprint density at radius 1 is 1.50 bits per heavy atom. The highest BCUT2D eigenvalue weighted by Crippen LogP contribution is 1.98. The summed E-state index contributed by atoms with van der Waals surface area (Å²) in [5.41, 5.74) is 6.27. The molecule has 0 spiro atoms. The number of aliphatic hydroxyl groups is 1. The second-order valence-corrected chi connectivity index (χ2v) is 3.16. The molecule has 0 saturated heterocycles. The van der Waals surface area contributed by atoms with Gasteiger partial charge >= 0.3 is 0 Å². The molecule has 0 unspecified atom stereocenters. The standard InChI is InChI=1S/C10H20N2O2/c1-9(2)10(3-4-11)12-5-7-14-8-6-13/h3-4,9,13H,5-8,11H2,1-2H3/b4-3-,12-10?. The Hall–Kier alpha value is -0.870. The van der Waals surface area contributed by atoms with Gasteiger partial charge in [-0.3, -0.25) is 4.99 Å². The zero-order chi connectivity index (χ0) is 10.8. The normalized spacial score (nSPS) is 13.0. The van der Waals surface area contributed by atoms with Crippen LogP contribution in [0.1, 0.15) is 13.8 Å². The highest BCUT2D eigenvalue weighted by Gasteiger charge is 1.99. The molecule has 0 aromatic carbocycles. The van der Waals surface area contributed by atoms with Crippen LogP contribution in [-0.2, 0) is 4.74 Å². The third-order valence-electron chi connectivity index (χ3n) is 1.62. The number of rotatable bonds is 7. The van der Waals surface area contributed by atoms with E-state index in [1.165, 1.54) is 6.20 Å². The molecule has 4 heteroatoms. The van der Waals surface area contributed by atoms with Crippen molar-refractivity contribution in [1.82, 2.24) is 0 Å². The first kappa shape index (κ1) is 13.1. The van der Waals surface area contributed by atoms with Crippen molar-refractivity contribution in [2.45, 2.75) is 13.8 Å². The summed E-state index contributed by atoms with van der Waals surface area (Å²) in [7, 11) is 0. The van der Waals surface area contributed by atoms with E-state index in [1.807, 2.05) is 0 Å². The summed E-state index contributed by atoms with van der Waals surface area (Å²) < 4.78 is 5.08. The summed E-state index contributed by atoms with van der Waals surface area (Å²) in [6.45, 7) is 5.70. The van der Waals surface area contributed by atoms with Crippen molar-refractivity contribution in [1.29, 1.82) is 0 Å². The number of nitrogens with two attached hydrogens (primary N) is 1. The number of aliphatic imine (C=N–C) groups is 1. The third-order valence-corrected chi connectivity index (χ3v) is 1.62. The Labute approximate surface area is 85.5 Å². The Morgan fingerprint density at radius 3 is 2.71 bits per heavy atom. The maximum Gasteiger partial charge on any atom is 0.0698 e. The van der Waals surface area contributed by atoms with Crippen LogP contribution in [0.5, 0.6) is 0 Å². The Kier molecular flexibility index (Phi) is 8.17. The lowest BCUT2D eigenvalue weighted by atomic mass is 10.1. The van der Waals surface area contributed by atoms with Crippen LogP contribution < -0.4 is 5.73 Å². The highest BCUT2D eigenvalue weighted by molar-refractivity contribution is 5.96. The molecule has 0 aliphatic rings. The van der Waals surface area contributed by atoms with Gasteiger partial charge in [0.05, 0.1) is 26.4 Å². The highest BCUT2D eigenvalue weighted by atomic mass is 16.5. The molecule has 0 amide bonds. The molecule has 0 heterocycles. The molecule has 0 aliphatic heterocycles. The molecule has 4 nitrogen and oxygen atoms in total. The molecule has 82 valence electrons. The summed E-state index contributed by atoms with van der Waals surface area (Å²) in [6.07, 6.45) is 3.30. The fourth-order valence-electron chi connectivity index (χ4n) is 0.932. The smallest absolute Gasteiger partial charge is 0.0698 e. The molecule has 0 aromatic rings. The SMILES string of the molecule is CC(C)C(/C=C\N)=NCCOCCO. The lowest BCUT2D eigenvalue weighted by molar-refractivity contribution is 0.0978. The molecule has 0 aliphatic carbocycles. The summed E-state index contributed by atoms with van der Waals surface area (Å²) in [4.78, 5) is 4.33. The molecule has 3 N–H and O–H groups in total. The number of nitrogens with zero attached hydrogens (tertiary/aromatic N) is 1. The largest absolute Gasteiger partial charge is 0.405 e. The van der Waals surface area contributed by atoms with Crippen molar-refractivity contribution in [2.75, 3.05) is 26.4 Å². The minimum absolute atomic E-state index is 0.0590. The van der Waals surface area contributed by atoms with Crippen LogP contribution in [0, 0.1) is 5.92 Å². The van der Waals surface area contributed by atoms with E-state index >= 15 is 0 Å². The van der Waals surface area contributed by atoms with Gasteiger partial charge in [0.25, 0.3) is 0 Å². The number of hydrogen-bond acceptors (Lipinski definition) is 4. The van der Waals surface area contributed by atoms with E-state index in [1.54, 1.807) is 6.08 Å². The van der Waals surface area contributed by atoms with Crippen LogP contribution in [0.3, 0.4) is 0 Å². The molecule has 0 atom stereocenters. The third kappa shape index (κ3) is 6.62. The first-order valence-electron chi connectivity index (χ1n) is 4.83. The minimum Gasteiger partial charge on any atom is -0.405 e. The summed E-state index contributed by atoms with van der Waals surface area (Å²) >= 11 is 0. The lowest BCUT2D eigenvalue weighted by Crippen LogP contribution is -2.09. The van der Waals surface area contributed by atoms with Gasteiger partial charge in [-0.05, 0) is 18.2 Å². The molecular weight excluding hydrogens is 180 g/mol. The van der Waals surface area contributed by atoms with E-state index in [4.69, 9.17) is 15.6 Å². The maximum absolute atomic E-state index is 8.46. The maximum atomic E-state index is 8.46. The topological polar surface area (TPSA) is 67.8 Å². The molecule has 0 saturated carbocycles. The molecule has 0 bridgehead atoms. The van der Waals surface area contributed by atoms with Crippen LogP contribution in [0.4, 0.5) is 0 Å². The van der Waals surface area contributed by atoms with E-state index in [-0.39, 0.29) is 6.61 Å². The van der Waals surface area contributed by atoms with Crippen LogP contribution in [0.25, 0.3) is 0 Å². The fourth-order valence-corrected chi connectivity index (χ4v) is 0.932. The molecule has 0 rings (SSSR count). The quantitative estimate of drug-likeness (QED) is 0.466. The number of allylic oxidation sites excluding steroid dienone is 1. The second-order valence-electron chi connectivity index (χ2n) is 3.16. The van der Waals surface area contributed by atoms with Gasteiger partial charge in [-0.2, -0.15) is 0 Å². The van der Waals surface area contributed by atoms with E-state index in [0.29, 0.717) is 25.7 Å².